The Morgan fingerprint density at radius 2 is 0.667 bits per heavy atom. The van der Waals surface area contributed by atoms with E-state index in [2.05, 4.69) is 130 Å². The Bertz CT molecular complexity index is 808. The van der Waals surface area contributed by atoms with Crippen LogP contribution in [0.25, 0.3) is 0 Å². The normalized spacial score (nSPS) is 10.9. The van der Waals surface area contributed by atoms with Crippen LogP contribution < -0.4 is 14.7 Å². The molecule has 5 heteroatoms. The molecule has 0 aromatic heterocycles. The number of nitrogens with zero attached hydrogens (tertiary/aromatic N) is 3. The van der Waals surface area contributed by atoms with Crippen molar-refractivity contribution >= 4 is 53.8 Å². The summed E-state index contributed by atoms with van der Waals surface area (Å²) in [4.78, 5) is 6.46. The van der Waals surface area contributed by atoms with E-state index in [1.165, 1.54) is 33.8 Å². The molecule has 0 saturated heterocycles. The van der Waals surface area contributed by atoms with Crippen molar-refractivity contribution in [3.8, 4) is 0 Å². The largest absolute Gasteiger partial charge is 0.147 e. The fourth-order valence-corrected chi connectivity index (χ4v) is 6.63. The molecule has 0 fully saturated rings. The molecule has 0 aliphatic carbocycles. The Hall–Kier alpha value is -1.78. The zero-order valence-electron chi connectivity index (χ0n) is 19.2. The maximum absolute atomic E-state index is 2.31. The summed E-state index contributed by atoms with van der Waals surface area (Å²) in [7, 11) is 12.5. The van der Waals surface area contributed by atoms with Crippen molar-refractivity contribution in [3.63, 3.8) is 0 Å². The number of hydrogen-bond acceptors (Lipinski definition) is 3. The fraction of sp³-hybridized carbons (Fsp3) is 0.280. The fourth-order valence-electron chi connectivity index (χ4n) is 3.78. The summed E-state index contributed by atoms with van der Waals surface area (Å²) < 4.78 is -0.0256. The quantitative estimate of drug-likeness (QED) is 0.446. The van der Waals surface area contributed by atoms with Crippen molar-refractivity contribution in [2.24, 2.45) is 0 Å². The predicted molar refractivity (Wildman–Crippen MR) is 138 cm³/mol. The standard InChI is InChI=1S/C25H30N3.ClH.In.2H/c1-26(2)22-13-7-19(8-14-22)25(20-9-15-23(16-10-20)27(3)4)21-11-17-24(18-12-21)28(5)6;;;;/h7-18H,1-6H3;1H;;;. The van der Waals surface area contributed by atoms with Crippen LogP contribution in [0.1, 0.15) is 16.7 Å². The molecule has 0 amide bonds. The van der Waals surface area contributed by atoms with Crippen LogP contribution in [0, 0.1) is 0 Å². The molecule has 0 aliphatic heterocycles. The average molecular weight is 526 g/mol. The molecule has 3 nitrogen and oxygen atoms in total. The summed E-state index contributed by atoms with van der Waals surface area (Å²) in [5, 5.41) is 0. The molecule has 158 valence electrons. The number of anilines is 3. The monoisotopic (exact) mass is 525 g/mol. The van der Waals surface area contributed by atoms with E-state index >= 15 is 0 Å². The molecule has 0 heterocycles. The van der Waals surface area contributed by atoms with Crippen LogP contribution in [0.2, 0.25) is 0 Å². The number of rotatable bonds is 6. The van der Waals surface area contributed by atoms with Crippen molar-refractivity contribution < 1.29 is 0 Å². The summed E-state index contributed by atoms with van der Waals surface area (Å²) in [6.07, 6.45) is 0. The summed E-state index contributed by atoms with van der Waals surface area (Å²) in [6.45, 7) is 0. The molecule has 0 atom stereocenters. The van der Waals surface area contributed by atoms with Crippen LogP contribution >= 0.6 is 12.4 Å². The van der Waals surface area contributed by atoms with Crippen LogP contribution in [-0.2, 0) is 3.17 Å². The predicted octanol–water partition coefficient (Wildman–Crippen LogP) is 4.23. The Kier molecular flexibility index (Phi) is 8.18. The number of hydrogen-bond donors (Lipinski definition) is 0. The van der Waals surface area contributed by atoms with Gasteiger partial charge >= 0.3 is 191 Å². The first-order valence-corrected chi connectivity index (χ1v) is 12.9. The van der Waals surface area contributed by atoms with E-state index in [1.54, 1.807) is 0 Å². The van der Waals surface area contributed by atoms with Gasteiger partial charge in [-0.15, -0.1) is 12.4 Å². The molecule has 0 unspecified atom stereocenters. The van der Waals surface area contributed by atoms with Gasteiger partial charge in [-0.2, -0.15) is 0 Å². The van der Waals surface area contributed by atoms with Crippen molar-refractivity contribution in [1.29, 1.82) is 0 Å². The molecule has 3 aromatic carbocycles. The van der Waals surface area contributed by atoms with Crippen LogP contribution in [0.5, 0.6) is 0 Å². The minimum absolute atomic E-state index is 0. The minimum Gasteiger partial charge on any atom is -0.147 e. The maximum atomic E-state index is 2.31. The third kappa shape index (κ3) is 4.92. The van der Waals surface area contributed by atoms with Crippen molar-refractivity contribution in [2.75, 3.05) is 57.0 Å². The molecule has 0 radical (unpaired) electrons. The minimum atomic E-state index is -0.0256. The molecule has 0 saturated carbocycles. The second kappa shape index (κ2) is 10.0. The van der Waals surface area contributed by atoms with Gasteiger partial charge in [0.15, 0.2) is 0 Å². The molecule has 0 bridgehead atoms. The third-order valence-electron chi connectivity index (χ3n) is 5.88. The van der Waals surface area contributed by atoms with Crippen LogP contribution in [0.15, 0.2) is 72.8 Å². The third-order valence-corrected chi connectivity index (χ3v) is 10.8. The maximum Gasteiger partial charge on any atom is -0.147 e. The molecule has 3 rings (SSSR count). The van der Waals surface area contributed by atoms with Gasteiger partial charge in [0.05, 0.1) is 0 Å². The van der Waals surface area contributed by atoms with Gasteiger partial charge in [0.2, 0.25) is 0 Å². The van der Waals surface area contributed by atoms with Gasteiger partial charge in [0.25, 0.3) is 0 Å². The van der Waals surface area contributed by atoms with Gasteiger partial charge in [-0.25, -0.2) is 0 Å². The van der Waals surface area contributed by atoms with Crippen LogP contribution in [0.3, 0.4) is 0 Å². The van der Waals surface area contributed by atoms with Crippen LogP contribution in [-0.4, -0.2) is 66.7 Å². The van der Waals surface area contributed by atoms with E-state index in [1.807, 2.05) is 0 Å². The second-order valence-electron chi connectivity index (χ2n) is 8.45. The topological polar surface area (TPSA) is 9.72 Å². The van der Waals surface area contributed by atoms with Gasteiger partial charge in [0.1, 0.15) is 0 Å². The Morgan fingerprint density at radius 3 is 0.833 bits per heavy atom. The number of halogens is 1. The number of benzene rings is 3. The summed E-state index contributed by atoms with van der Waals surface area (Å²) >= 11 is 0.280. The zero-order valence-corrected chi connectivity index (χ0v) is 25.7. The molecule has 0 N–H and O–H groups in total. The molecule has 30 heavy (non-hydrogen) atoms. The van der Waals surface area contributed by atoms with Gasteiger partial charge in [-0.3, -0.25) is 0 Å². The van der Waals surface area contributed by atoms with Gasteiger partial charge in [0, 0.05) is 0 Å². The van der Waals surface area contributed by atoms with Crippen LogP contribution in [0.4, 0.5) is 17.1 Å². The van der Waals surface area contributed by atoms with Gasteiger partial charge in [-0.05, 0) is 0 Å². The molecular weight excluding hydrogens is 493 g/mol. The van der Waals surface area contributed by atoms with E-state index in [-0.39, 0.29) is 40.0 Å². The summed E-state index contributed by atoms with van der Waals surface area (Å²) in [5.74, 6) is 0. The molecule has 0 spiro atoms. The van der Waals surface area contributed by atoms with Crippen molar-refractivity contribution in [2.45, 2.75) is 3.17 Å². The van der Waals surface area contributed by atoms with E-state index in [9.17, 15) is 0 Å². The summed E-state index contributed by atoms with van der Waals surface area (Å²) in [5.41, 5.74) is 7.85. The Labute approximate surface area is 202 Å². The zero-order chi connectivity index (χ0) is 21.2. The van der Waals surface area contributed by atoms with E-state index in [0.717, 1.165) is 0 Å². The van der Waals surface area contributed by atoms with E-state index < -0.39 is 0 Å². The molecule has 3 aromatic rings. The smallest absolute Gasteiger partial charge is 0.147 e. The first-order valence-electron chi connectivity index (χ1n) is 10.1. The van der Waals surface area contributed by atoms with Gasteiger partial charge < -0.3 is 0 Å². The van der Waals surface area contributed by atoms with Crippen molar-refractivity contribution in [3.05, 3.63) is 89.5 Å². The first kappa shape index (κ1) is 24.5. The van der Waals surface area contributed by atoms with E-state index in [4.69, 9.17) is 0 Å². The molecule has 0 aliphatic rings. The second-order valence-corrected chi connectivity index (χ2v) is 12.7. The SMILES string of the molecule is CN(C)c1ccc([C]([InH2])(c2ccc(N(C)C)cc2)c2ccc(N(C)C)cc2)cc1.Cl. The first-order chi connectivity index (χ1) is 13.7. The van der Waals surface area contributed by atoms with E-state index in [0.29, 0.717) is 0 Å². The Morgan fingerprint density at radius 1 is 0.467 bits per heavy atom. The van der Waals surface area contributed by atoms with Crippen molar-refractivity contribution in [1.82, 2.24) is 0 Å². The molecular formula is C25H33ClInN3. The van der Waals surface area contributed by atoms with Gasteiger partial charge in [-0.1, -0.05) is 0 Å². The summed E-state index contributed by atoms with van der Waals surface area (Å²) in [6, 6.07) is 27.3. The average Bonchev–Trinajstić information content (AvgIpc) is 2.73. The Balaban J connectivity index is 0.00000320.